The summed E-state index contributed by atoms with van der Waals surface area (Å²) in [6, 6.07) is 0. The molecule has 0 aromatic heterocycles. The van der Waals surface area contributed by atoms with Crippen LogP contribution in [-0.4, -0.2) is 11.9 Å². The number of carbonyl (C=O) groups excluding carboxylic acids is 1. The largest absolute Gasteiger partial charge is 0.482 e. The Morgan fingerprint density at radius 2 is 2.31 bits per heavy atom. The predicted molar refractivity (Wildman–Crippen MR) is 48.0 cm³/mol. The van der Waals surface area contributed by atoms with Crippen LogP contribution in [0.2, 0.25) is 0 Å². The third kappa shape index (κ3) is 1.05. The quantitative estimate of drug-likeness (QED) is 0.525. The second-order valence-corrected chi connectivity index (χ2v) is 3.68. The number of allylic oxidation sites excluding steroid dienone is 5. The summed E-state index contributed by atoms with van der Waals surface area (Å²) < 4.78 is 5.44. The van der Waals surface area contributed by atoms with Crippen molar-refractivity contribution in [3.05, 3.63) is 35.1 Å². The molecule has 0 radical (unpaired) electrons. The Labute approximate surface area is 76.6 Å². The first-order valence-electron chi connectivity index (χ1n) is 4.68. The molecule has 66 valence electrons. The van der Waals surface area contributed by atoms with Crippen molar-refractivity contribution < 1.29 is 9.53 Å². The highest BCUT2D eigenvalue weighted by Crippen LogP contribution is 2.42. The number of fused-ring (bicyclic) bond motifs is 2. The fraction of sp³-hybridized carbons (Fsp3) is 0.364. The summed E-state index contributed by atoms with van der Waals surface area (Å²) in [6.07, 6.45) is 8.89. The monoisotopic (exact) mass is 174 g/mol. The van der Waals surface area contributed by atoms with Crippen LogP contribution in [0.3, 0.4) is 0 Å². The average molecular weight is 174 g/mol. The summed E-state index contributed by atoms with van der Waals surface area (Å²) in [5.74, 6) is 1.21. The number of hydrogen-bond acceptors (Lipinski definition) is 2. The molecule has 0 spiro atoms. The van der Waals surface area contributed by atoms with E-state index in [1.807, 2.05) is 6.08 Å². The van der Waals surface area contributed by atoms with E-state index in [9.17, 15) is 4.79 Å². The smallest absolute Gasteiger partial charge is 0.178 e. The van der Waals surface area contributed by atoms with Gasteiger partial charge in [0.15, 0.2) is 11.9 Å². The zero-order valence-corrected chi connectivity index (χ0v) is 7.25. The summed E-state index contributed by atoms with van der Waals surface area (Å²) >= 11 is 0. The lowest BCUT2D eigenvalue weighted by molar-refractivity contribution is -0.110. The van der Waals surface area contributed by atoms with Crippen molar-refractivity contribution >= 4 is 5.78 Å². The van der Waals surface area contributed by atoms with Crippen molar-refractivity contribution in [1.29, 1.82) is 0 Å². The fourth-order valence-corrected chi connectivity index (χ4v) is 2.04. The van der Waals surface area contributed by atoms with E-state index in [1.165, 1.54) is 11.1 Å². The Kier molecular flexibility index (Phi) is 1.29. The molecule has 1 fully saturated rings. The number of ether oxygens (including phenoxy) is 1. The molecule has 0 N–H and O–H groups in total. The lowest BCUT2D eigenvalue weighted by Gasteiger charge is -2.08. The van der Waals surface area contributed by atoms with Crippen LogP contribution in [0.15, 0.2) is 35.1 Å². The minimum Gasteiger partial charge on any atom is -0.482 e. The molecule has 1 aliphatic heterocycles. The van der Waals surface area contributed by atoms with Crippen LogP contribution in [0.25, 0.3) is 0 Å². The standard InChI is InChI=1S/C11H10O2/c12-8-4-5-9-7(6-8)2-1-3-10-11(9)13-10/h4-6,10H,1-3H2. The topological polar surface area (TPSA) is 29.6 Å². The van der Waals surface area contributed by atoms with Gasteiger partial charge in [0.25, 0.3) is 0 Å². The van der Waals surface area contributed by atoms with E-state index in [1.54, 1.807) is 12.2 Å². The first-order chi connectivity index (χ1) is 6.34. The SMILES string of the molecule is O=C1C=CC2=C3OC3CCCC2=C1. The van der Waals surface area contributed by atoms with Gasteiger partial charge in [-0.25, -0.2) is 0 Å². The van der Waals surface area contributed by atoms with Gasteiger partial charge in [-0.3, -0.25) is 4.79 Å². The van der Waals surface area contributed by atoms with Gasteiger partial charge in [-0.05, 0) is 43.1 Å². The molecule has 2 nitrogen and oxygen atoms in total. The van der Waals surface area contributed by atoms with Gasteiger partial charge in [0.1, 0.15) is 5.76 Å². The van der Waals surface area contributed by atoms with E-state index < -0.39 is 0 Å². The first-order valence-corrected chi connectivity index (χ1v) is 4.68. The fourth-order valence-electron chi connectivity index (χ4n) is 2.04. The van der Waals surface area contributed by atoms with Crippen molar-refractivity contribution in [2.75, 3.05) is 0 Å². The summed E-state index contributed by atoms with van der Waals surface area (Å²) in [5.41, 5.74) is 2.34. The van der Waals surface area contributed by atoms with Gasteiger partial charge >= 0.3 is 0 Å². The van der Waals surface area contributed by atoms with Crippen LogP contribution < -0.4 is 0 Å². The van der Waals surface area contributed by atoms with Gasteiger partial charge in [0.05, 0.1) is 0 Å². The van der Waals surface area contributed by atoms with E-state index in [0.29, 0.717) is 6.10 Å². The number of carbonyl (C=O) groups is 1. The Bertz CT molecular complexity index is 372. The second-order valence-electron chi connectivity index (χ2n) is 3.68. The van der Waals surface area contributed by atoms with Crippen molar-refractivity contribution in [2.45, 2.75) is 25.4 Å². The van der Waals surface area contributed by atoms with Gasteiger partial charge in [-0.1, -0.05) is 0 Å². The van der Waals surface area contributed by atoms with Crippen LogP contribution in [0, 0.1) is 0 Å². The van der Waals surface area contributed by atoms with Crippen LogP contribution in [0.4, 0.5) is 0 Å². The van der Waals surface area contributed by atoms with E-state index in [-0.39, 0.29) is 5.78 Å². The van der Waals surface area contributed by atoms with Gasteiger partial charge in [0, 0.05) is 5.57 Å². The molecule has 0 saturated carbocycles. The Morgan fingerprint density at radius 1 is 1.38 bits per heavy atom. The van der Waals surface area contributed by atoms with Crippen LogP contribution >= 0.6 is 0 Å². The minimum atomic E-state index is 0.110. The van der Waals surface area contributed by atoms with Crippen molar-refractivity contribution in [3.8, 4) is 0 Å². The zero-order valence-electron chi connectivity index (χ0n) is 7.25. The van der Waals surface area contributed by atoms with Crippen LogP contribution in [-0.2, 0) is 9.53 Å². The highest BCUT2D eigenvalue weighted by molar-refractivity contribution is 6.02. The summed E-state index contributed by atoms with van der Waals surface area (Å²) in [6.45, 7) is 0. The molecule has 0 amide bonds. The minimum absolute atomic E-state index is 0.110. The van der Waals surface area contributed by atoms with Crippen molar-refractivity contribution in [2.24, 2.45) is 0 Å². The third-order valence-corrected chi connectivity index (χ3v) is 2.76. The Hall–Kier alpha value is -1.31. The molecule has 3 rings (SSSR count). The number of hydrogen-bond donors (Lipinski definition) is 0. The summed E-state index contributed by atoms with van der Waals surface area (Å²) in [7, 11) is 0. The second kappa shape index (κ2) is 2.34. The molecule has 2 aliphatic carbocycles. The molecular weight excluding hydrogens is 164 g/mol. The van der Waals surface area contributed by atoms with Crippen LogP contribution in [0.1, 0.15) is 19.3 Å². The number of rotatable bonds is 0. The number of epoxide rings is 1. The maximum absolute atomic E-state index is 11.1. The molecule has 2 heteroatoms. The number of ketones is 1. The molecule has 1 saturated heterocycles. The zero-order chi connectivity index (χ0) is 8.84. The third-order valence-electron chi connectivity index (χ3n) is 2.76. The van der Waals surface area contributed by atoms with Crippen molar-refractivity contribution in [3.63, 3.8) is 0 Å². The molecule has 3 aliphatic rings. The lowest BCUT2D eigenvalue weighted by atomic mass is 9.96. The summed E-state index contributed by atoms with van der Waals surface area (Å²) in [4.78, 5) is 11.1. The highest BCUT2D eigenvalue weighted by atomic mass is 16.6. The van der Waals surface area contributed by atoms with Gasteiger partial charge in [-0.2, -0.15) is 0 Å². The van der Waals surface area contributed by atoms with Gasteiger partial charge < -0.3 is 4.74 Å². The molecule has 0 bridgehead atoms. The Morgan fingerprint density at radius 3 is 3.23 bits per heavy atom. The average Bonchev–Trinajstić information content (AvgIpc) is 2.82. The van der Waals surface area contributed by atoms with Crippen molar-refractivity contribution in [1.82, 2.24) is 0 Å². The normalized spacial score (nSPS) is 30.0. The van der Waals surface area contributed by atoms with E-state index in [2.05, 4.69) is 0 Å². The van der Waals surface area contributed by atoms with Gasteiger partial charge in [0.2, 0.25) is 0 Å². The maximum atomic E-state index is 11.1. The van der Waals surface area contributed by atoms with E-state index >= 15 is 0 Å². The first kappa shape index (κ1) is 7.13. The molecule has 1 atom stereocenters. The molecule has 0 aromatic rings. The molecule has 13 heavy (non-hydrogen) atoms. The highest BCUT2D eigenvalue weighted by Gasteiger charge is 2.38. The lowest BCUT2D eigenvalue weighted by Crippen LogP contribution is -1.99. The summed E-state index contributed by atoms with van der Waals surface area (Å²) in [5, 5.41) is 0. The molecule has 1 unspecified atom stereocenters. The Balaban J connectivity index is 2.08. The predicted octanol–water partition coefficient (Wildman–Crippen LogP) is 1.89. The molecular formula is C11H10O2. The van der Waals surface area contributed by atoms with Gasteiger partial charge in [-0.15, -0.1) is 0 Å². The molecule has 1 heterocycles. The molecule has 0 aromatic carbocycles. The van der Waals surface area contributed by atoms with Crippen LogP contribution in [0.5, 0.6) is 0 Å². The van der Waals surface area contributed by atoms with E-state index in [0.717, 1.165) is 25.0 Å². The van der Waals surface area contributed by atoms with E-state index in [4.69, 9.17) is 4.74 Å². The maximum Gasteiger partial charge on any atom is 0.178 e.